The van der Waals surface area contributed by atoms with Gasteiger partial charge in [-0.3, -0.25) is 6.08 Å². The summed E-state index contributed by atoms with van der Waals surface area (Å²) in [5.74, 6) is 0. The minimum atomic E-state index is -1.23. The Labute approximate surface area is 224 Å². The van der Waals surface area contributed by atoms with E-state index >= 15 is 0 Å². The molecule has 5 rings (SSSR count). The predicted molar refractivity (Wildman–Crippen MR) is 140 cm³/mol. The van der Waals surface area contributed by atoms with Crippen molar-refractivity contribution < 1.29 is 48.1 Å². The van der Waals surface area contributed by atoms with Crippen molar-refractivity contribution in [1.29, 1.82) is 0 Å². The molecule has 32 heavy (non-hydrogen) atoms. The van der Waals surface area contributed by atoms with E-state index in [1.165, 1.54) is 21.5 Å². The van der Waals surface area contributed by atoms with Crippen LogP contribution in [0.4, 0.5) is 0 Å². The van der Waals surface area contributed by atoms with Crippen LogP contribution in [0.15, 0.2) is 60.7 Å². The SMILES string of the molecule is C[Si](C)(C)c1ccc2c(c1)[cH-]c1cc([Si](C)(C)C)ccc12.[C-]1=CC=CC1.[Cl-].[Cl-].[Zr+2]=[Si]1CC1. The van der Waals surface area contributed by atoms with E-state index in [9.17, 15) is 0 Å². The van der Waals surface area contributed by atoms with Crippen molar-refractivity contribution in [3.05, 3.63) is 66.8 Å². The quantitative estimate of drug-likeness (QED) is 0.303. The van der Waals surface area contributed by atoms with E-state index in [1.807, 2.05) is 35.5 Å². The second-order valence-corrected chi connectivity index (χ2v) is 27.9. The van der Waals surface area contributed by atoms with Gasteiger partial charge in [-0.1, -0.05) is 73.9 Å². The van der Waals surface area contributed by atoms with E-state index in [0.29, 0.717) is 5.43 Å². The monoisotopic (exact) mass is 590 g/mol. The average molecular weight is 593 g/mol. The van der Waals surface area contributed by atoms with E-state index < -0.39 is 16.1 Å². The Morgan fingerprint density at radius 3 is 1.50 bits per heavy atom. The third kappa shape index (κ3) is 8.60. The zero-order valence-corrected chi connectivity index (χ0v) is 27.1. The summed E-state index contributed by atoms with van der Waals surface area (Å²) in [6, 6.07) is 19.9. The molecule has 0 nitrogen and oxygen atoms in total. The molecule has 1 aliphatic heterocycles. The Balaban J connectivity index is 0.000000387. The zero-order chi connectivity index (χ0) is 21.9. The number of allylic oxidation sites excluding steroid dienone is 4. The molecule has 3 aromatic carbocycles. The summed E-state index contributed by atoms with van der Waals surface area (Å²) in [5, 5.41) is 8.75. The molecule has 1 saturated heterocycles. The first-order chi connectivity index (χ1) is 14.1. The molecule has 0 radical (unpaired) electrons. The molecule has 1 aliphatic carbocycles. The van der Waals surface area contributed by atoms with E-state index in [1.54, 1.807) is 22.5 Å². The number of hydrogen-bond acceptors (Lipinski definition) is 0. The Hall–Kier alpha value is -0.0962. The van der Waals surface area contributed by atoms with Crippen molar-refractivity contribution in [2.75, 3.05) is 0 Å². The van der Waals surface area contributed by atoms with Gasteiger partial charge in [0.25, 0.3) is 0 Å². The van der Waals surface area contributed by atoms with Crippen LogP contribution in [0.1, 0.15) is 6.42 Å². The molecule has 0 N–H and O–H groups in total. The molecule has 170 valence electrons. The maximum atomic E-state index is 2.99. The molecule has 1 fully saturated rings. The van der Waals surface area contributed by atoms with E-state index in [4.69, 9.17) is 0 Å². The van der Waals surface area contributed by atoms with Crippen molar-refractivity contribution in [2.45, 2.75) is 57.8 Å². The van der Waals surface area contributed by atoms with Crippen LogP contribution < -0.4 is 35.2 Å². The van der Waals surface area contributed by atoms with Gasteiger partial charge in [-0.2, -0.15) is 6.08 Å². The summed E-state index contributed by atoms with van der Waals surface area (Å²) in [6.07, 6.45) is 10.0. The van der Waals surface area contributed by atoms with Gasteiger partial charge in [0.05, 0.1) is 16.1 Å². The fourth-order valence-corrected chi connectivity index (χ4v) is 8.97. The van der Waals surface area contributed by atoms with Gasteiger partial charge < -0.3 is 24.8 Å². The van der Waals surface area contributed by atoms with Crippen molar-refractivity contribution in [1.82, 2.24) is 0 Å². The van der Waals surface area contributed by atoms with E-state index in [2.05, 4.69) is 93.9 Å². The van der Waals surface area contributed by atoms with Crippen molar-refractivity contribution >= 4 is 53.5 Å². The molecule has 0 bridgehead atoms. The number of halogens is 2. The fraction of sp³-hybridized carbons (Fsp3) is 0.346. The van der Waals surface area contributed by atoms with Crippen molar-refractivity contribution in [3.63, 3.8) is 0 Å². The van der Waals surface area contributed by atoms with Gasteiger partial charge in [-0.25, -0.2) is 12.2 Å². The van der Waals surface area contributed by atoms with E-state index in [-0.39, 0.29) is 24.8 Å². The summed E-state index contributed by atoms with van der Waals surface area (Å²) in [5.41, 5.74) is 0.460. The van der Waals surface area contributed by atoms with Crippen LogP contribution in [0.5, 0.6) is 0 Å². The molecule has 0 amide bonds. The first-order valence-electron chi connectivity index (χ1n) is 11.0. The third-order valence-corrected chi connectivity index (χ3v) is 14.3. The van der Waals surface area contributed by atoms with Gasteiger partial charge in [0, 0.05) is 0 Å². The molecular formula is C26H34Cl2Si3Zr-2. The first-order valence-corrected chi connectivity index (χ1v) is 23.6. The van der Waals surface area contributed by atoms with Crippen LogP contribution in [0.25, 0.3) is 21.5 Å². The van der Waals surface area contributed by atoms with E-state index in [0.717, 1.165) is 6.42 Å². The Kier molecular flexibility index (Phi) is 11.8. The molecule has 6 heteroatoms. The second kappa shape index (κ2) is 12.6. The second-order valence-electron chi connectivity index (χ2n) is 10.4. The third-order valence-electron chi connectivity index (χ3n) is 5.52. The number of hydrogen-bond donors (Lipinski definition) is 0. The molecule has 0 spiro atoms. The number of rotatable bonds is 2. The van der Waals surface area contributed by atoms with Crippen LogP contribution in [0, 0.1) is 6.08 Å². The molecule has 0 unspecified atom stereocenters. The Bertz CT molecular complexity index is 1030. The van der Waals surface area contributed by atoms with Crippen LogP contribution >= 0.6 is 0 Å². The molecule has 1 heterocycles. The van der Waals surface area contributed by atoms with Crippen molar-refractivity contribution in [3.8, 4) is 0 Å². The van der Waals surface area contributed by atoms with Crippen LogP contribution in [-0.2, 0) is 23.3 Å². The normalized spacial score (nSPS) is 14.2. The first kappa shape index (κ1) is 29.9. The van der Waals surface area contributed by atoms with Crippen LogP contribution in [-0.4, -0.2) is 21.6 Å². The fourth-order valence-electron chi connectivity index (χ4n) is 3.36. The minimum absolute atomic E-state index is 0. The molecule has 0 aromatic heterocycles. The standard InChI is InChI=1S/C19H25Si2.C5H5.C2H4Si.2ClH.Zr/c1-20(2,3)16-7-9-18-14(12-16)11-15-13-17(21(4,5)6)8-10-19(15)18;1-2-4-5-3-1;1-2-3-1;;;/h7-13H,1-6H3;1-3H,4H2;1-2H2;2*1H;/q2*-1;;;;+2/p-2. The molecule has 2 aliphatic rings. The average Bonchev–Trinajstić information content (AvgIpc) is 3.15. The number of benzene rings is 2. The molecule has 3 aromatic rings. The van der Waals surface area contributed by atoms with Gasteiger partial charge in [0.1, 0.15) is 0 Å². The maximum absolute atomic E-state index is 2.99. The van der Waals surface area contributed by atoms with Gasteiger partial charge in [-0.05, 0) is 0 Å². The summed E-state index contributed by atoms with van der Waals surface area (Å²) < 4.78 is 0. The Morgan fingerprint density at radius 2 is 1.25 bits per heavy atom. The molecule has 0 saturated carbocycles. The van der Waals surface area contributed by atoms with Gasteiger partial charge in [0.2, 0.25) is 0 Å². The van der Waals surface area contributed by atoms with Crippen LogP contribution in [0.2, 0.25) is 51.4 Å². The molecular weight excluding hydrogens is 559 g/mol. The summed E-state index contributed by atoms with van der Waals surface area (Å²) >= 11 is 1.85. The van der Waals surface area contributed by atoms with Gasteiger partial charge >= 0.3 is 40.9 Å². The summed E-state index contributed by atoms with van der Waals surface area (Å²) in [6.45, 7) is 14.5. The topological polar surface area (TPSA) is 0 Å². The number of fused-ring (bicyclic) bond motifs is 3. The van der Waals surface area contributed by atoms with Gasteiger partial charge in [-0.15, -0.1) is 46.2 Å². The van der Waals surface area contributed by atoms with Crippen LogP contribution in [0.3, 0.4) is 0 Å². The predicted octanol–water partition coefficient (Wildman–Crippen LogP) is 0.654. The Morgan fingerprint density at radius 1 is 0.812 bits per heavy atom. The zero-order valence-electron chi connectivity index (χ0n) is 20.2. The van der Waals surface area contributed by atoms with Gasteiger partial charge in [0.15, 0.2) is 0 Å². The summed E-state index contributed by atoms with van der Waals surface area (Å²) in [7, 11) is -2.47. The summed E-state index contributed by atoms with van der Waals surface area (Å²) in [4.78, 5) is 0. The van der Waals surface area contributed by atoms with Crippen molar-refractivity contribution in [2.24, 2.45) is 0 Å². The molecule has 0 atom stereocenters.